The number of benzene rings is 1. The van der Waals surface area contributed by atoms with Crippen LogP contribution in [0.1, 0.15) is 11.3 Å². The van der Waals surface area contributed by atoms with E-state index in [1.54, 1.807) is 36.1 Å². The number of aryl methyl sites for hydroxylation is 1. The molecule has 106 valence electrons. The molecule has 0 radical (unpaired) electrons. The van der Waals surface area contributed by atoms with Crippen molar-refractivity contribution in [3.63, 3.8) is 0 Å². The number of anilines is 1. The first kappa shape index (κ1) is 13.1. The Kier molecular flexibility index (Phi) is 3.23. The van der Waals surface area contributed by atoms with Crippen molar-refractivity contribution in [1.82, 2.24) is 14.5 Å². The number of nitrogens with zero attached hydrogens (tertiary/aromatic N) is 2. The third kappa shape index (κ3) is 2.54. The second kappa shape index (κ2) is 4.92. The van der Waals surface area contributed by atoms with E-state index in [2.05, 4.69) is 15.1 Å². The van der Waals surface area contributed by atoms with Crippen LogP contribution in [0.15, 0.2) is 35.4 Å². The van der Waals surface area contributed by atoms with E-state index >= 15 is 0 Å². The van der Waals surface area contributed by atoms with Gasteiger partial charge in [-0.15, -0.1) is 0 Å². The van der Waals surface area contributed by atoms with Crippen LogP contribution in [0.25, 0.3) is 0 Å². The maximum absolute atomic E-state index is 12.2. The Balaban J connectivity index is 1.78. The standard InChI is InChI=1S/C13H16N4O2S/c1-17-7-5-11(16-17)9-15-20(18,19)12-3-2-10-4-6-14-13(10)8-12/h2-3,5,7-8,14-15H,4,6,9H2,1H3. The van der Waals surface area contributed by atoms with Crippen molar-refractivity contribution in [2.75, 3.05) is 11.9 Å². The van der Waals surface area contributed by atoms with Gasteiger partial charge in [0.2, 0.25) is 10.0 Å². The number of fused-ring (bicyclic) bond motifs is 1. The summed E-state index contributed by atoms with van der Waals surface area (Å²) in [4.78, 5) is 0.279. The fourth-order valence-corrected chi connectivity index (χ4v) is 3.27. The van der Waals surface area contributed by atoms with Gasteiger partial charge < -0.3 is 5.32 Å². The molecule has 0 saturated carbocycles. The Hall–Kier alpha value is -1.86. The van der Waals surface area contributed by atoms with Crippen molar-refractivity contribution >= 4 is 15.7 Å². The molecule has 0 aliphatic carbocycles. The molecule has 0 atom stereocenters. The number of hydrogen-bond donors (Lipinski definition) is 2. The summed E-state index contributed by atoms with van der Waals surface area (Å²) in [5.41, 5.74) is 2.76. The molecule has 3 rings (SSSR count). The quantitative estimate of drug-likeness (QED) is 0.876. The van der Waals surface area contributed by atoms with Crippen LogP contribution < -0.4 is 10.0 Å². The summed E-state index contributed by atoms with van der Waals surface area (Å²) in [6.45, 7) is 1.05. The number of rotatable bonds is 4. The van der Waals surface area contributed by atoms with Crippen LogP contribution in [0, 0.1) is 0 Å². The highest BCUT2D eigenvalue weighted by Gasteiger charge is 2.18. The molecule has 2 aromatic rings. The molecular formula is C13H16N4O2S. The van der Waals surface area contributed by atoms with Crippen LogP contribution in [0.5, 0.6) is 0 Å². The minimum Gasteiger partial charge on any atom is -0.384 e. The molecule has 1 aliphatic heterocycles. The predicted octanol–water partition coefficient (Wildman–Crippen LogP) is 0.867. The Labute approximate surface area is 117 Å². The smallest absolute Gasteiger partial charge is 0.240 e. The molecule has 0 fully saturated rings. The van der Waals surface area contributed by atoms with Gasteiger partial charge in [-0.2, -0.15) is 5.10 Å². The molecule has 20 heavy (non-hydrogen) atoms. The third-order valence-corrected chi connectivity index (χ3v) is 4.71. The first-order valence-electron chi connectivity index (χ1n) is 6.39. The van der Waals surface area contributed by atoms with Crippen molar-refractivity contribution in [1.29, 1.82) is 0 Å². The third-order valence-electron chi connectivity index (χ3n) is 3.31. The largest absolute Gasteiger partial charge is 0.384 e. The zero-order chi connectivity index (χ0) is 14.2. The molecule has 0 amide bonds. The number of hydrogen-bond acceptors (Lipinski definition) is 4. The summed E-state index contributed by atoms with van der Waals surface area (Å²) >= 11 is 0. The van der Waals surface area contributed by atoms with E-state index in [1.165, 1.54) is 0 Å². The van der Waals surface area contributed by atoms with Gasteiger partial charge >= 0.3 is 0 Å². The van der Waals surface area contributed by atoms with Crippen molar-refractivity contribution in [2.45, 2.75) is 17.9 Å². The Bertz CT molecular complexity index is 737. The van der Waals surface area contributed by atoms with Crippen molar-refractivity contribution < 1.29 is 8.42 Å². The van der Waals surface area contributed by atoms with Crippen LogP contribution >= 0.6 is 0 Å². The number of sulfonamides is 1. The fourth-order valence-electron chi connectivity index (χ4n) is 2.25. The molecule has 1 aliphatic rings. The highest BCUT2D eigenvalue weighted by Crippen LogP contribution is 2.25. The molecule has 6 nitrogen and oxygen atoms in total. The van der Waals surface area contributed by atoms with E-state index in [1.807, 2.05) is 6.07 Å². The molecule has 1 aromatic heterocycles. The highest BCUT2D eigenvalue weighted by atomic mass is 32.2. The Morgan fingerprint density at radius 3 is 3.00 bits per heavy atom. The van der Waals surface area contributed by atoms with Gasteiger partial charge in [0.1, 0.15) is 0 Å². The van der Waals surface area contributed by atoms with E-state index in [4.69, 9.17) is 0 Å². The van der Waals surface area contributed by atoms with Crippen LogP contribution in [-0.2, 0) is 30.0 Å². The van der Waals surface area contributed by atoms with Gasteiger partial charge in [0, 0.05) is 25.5 Å². The van der Waals surface area contributed by atoms with Gasteiger partial charge in [0.15, 0.2) is 0 Å². The molecule has 2 N–H and O–H groups in total. The first-order chi connectivity index (χ1) is 9.54. The van der Waals surface area contributed by atoms with Crippen LogP contribution in [0.4, 0.5) is 5.69 Å². The summed E-state index contributed by atoms with van der Waals surface area (Å²) in [5, 5.41) is 7.32. The van der Waals surface area contributed by atoms with E-state index in [9.17, 15) is 8.42 Å². The van der Waals surface area contributed by atoms with Gasteiger partial charge in [0.05, 0.1) is 17.1 Å². The lowest BCUT2D eigenvalue weighted by Gasteiger charge is -2.07. The highest BCUT2D eigenvalue weighted by molar-refractivity contribution is 7.89. The lowest BCUT2D eigenvalue weighted by atomic mass is 10.2. The molecule has 7 heteroatoms. The summed E-state index contributed by atoms with van der Waals surface area (Å²) in [6, 6.07) is 6.98. The molecular weight excluding hydrogens is 276 g/mol. The zero-order valence-corrected chi connectivity index (χ0v) is 11.9. The van der Waals surface area contributed by atoms with E-state index in [0.717, 1.165) is 24.2 Å². The molecule has 0 spiro atoms. The Morgan fingerprint density at radius 1 is 1.40 bits per heavy atom. The van der Waals surface area contributed by atoms with Gasteiger partial charge in [-0.05, 0) is 30.2 Å². The van der Waals surface area contributed by atoms with Crippen molar-refractivity contribution in [2.24, 2.45) is 7.05 Å². The summed E-state index contributed by atoms with van der Waals surface area (Å²) in [5.74, 6) is 0. The maximum atomic E-state index is 12.2. The van der Waals surface area contributed by atoms with E-state index in [0.29, 0.717) is 5.69 Å². The maximum Gasteiger partial charge on any atom is 0.240 e. The summed E-state index contributed by atoms with van der Waals surface area (Å²) < 4.78 is 28.7. The number of nitrogens with one attached hydrogen (secondary N) is 2. The minimum atomic E-state index is -3.51. The predicted molar refractivity (Wildman–Crippen MR) is 75.9 cm³/mol. The van der Waals surface area contributed by atoms with Gasteiger partial charge in [-0.3, -0.25) is 4.68 Å². The molecule has 0 unspecified atom stereocenters. The monoisotopic (exact) mass is 292 g/mol. The van der Waals surface area contributed by atoms with E-state index < -0.39 is 10.0 Å². The van der Waals surface area contributed by atoms with Crippen molar-refractivity contribution in [3.8, 4) is 0 Å². The lowest BCUT2D eigenvalue weighted by molar-refractivity contribution is 0.579. The average Bonchev–Trinajstić information content (AvgIpc) is 3.04. The topological polar surface area (TPSA) is 76.0 Å². The summed E-state index contributed by atoms with van der Waals surface area (Å²) in [6.07, 6.45) is 2.72. The fraction of sp³-hybridized carbons (Fsp3) is 0.308. The first-order valence-corrected chi connectivity index (χ1v) is 7.88. The zero-order valence-electron chi connectivity index (χ0n) is 11.1. The second-order valence-corrected chi connectivity index (χ2v) is 6.57. The van der Waals surface area contributed by atoms with Gasteiger partial charge in [0.25, 0.3) is 0 Å². The Morgan fingerprint density at radius 2 is 2.25 bits per heavy atom. The normalized spacial score (nSPS) is 14.1. The average molecular weight is 292 g/mol. The number of aromatic nitrogens is 2. The van der Waals surface area contributed by atoms with Crippen LogP contribution in [0.3, 0.4) is 0 Å². The van der Waals surface area contributed by atoms with E-state index in [-0.39, 0.29) is 11.4 Å². The lowest BCUT2D eigenvalue weighted by Crippen LogP contribution is -2.23. The molecule has 2 heterocycles. The van der Waals surface area contributed by atoms with Gasteiger partial charge in [-0.25, -0.2) is 13.1 Å². The molecule has 0 saturated heterocycles. The SMILES string of the molecule is Cn1ccc(CNS(=O)(=O)c2ccc3c(c2)NCC3)n1. The van der Waals surface area contributed by atoms with Gasteiger partial charge in [-0.1, -0.05) is 6.07 Å². The van der Waals surface area contributed by atoms with Crippen molar-refractivity contribution in [3.05, 3.63) is 41.7 Å². The van der Waals surface area contributed by atoms with Crippen LogP contribution in [0.2, 0.25) is 0 Å². The second-order valence-electron chi connectivity index (χ2n) is 4.80. The van der Waals surface area contributed by atoms with Crippen LogP contribution in [-0.4, -0.2) is 24.7 Å². The summed E-state index contributed by atoms with van der Waals surface area (Å²) in [7, 11) is -1.71. The molecule has 1 aromatic carbocycles. The molecule has 0 bridgehead atoms. The minimum absolute atomic E-state index is 0.188.